The van der Waals surface area contributed by atoms with E-state index in [1.807, 2.05) is 0 Å². The summed E-state index contributed by atoms with van der Waals surface area (Å²) in [5.74, 6) is -1.04. The zero-order valence-corrected chi connectivity index (χ0v) is 19.2. The van der Waals surface area contributed by atoms with E-state index in [9.17, 15) is 27.6 Å². The molecule has 0 radical (unpaired) electrons. The van der Waals surface area contributed by atoms with Crippen LogP contribution < -0.4 is 16.6 Å². The molecule has 0 fully saturated rings. The molecule has 11 heteroatoms. The standard InChI is InChI=1S/C24H22ClF3N4O3/c25-18-8-6-16(7-9-18)19-12-22(34)32(21(31-19)5-2-10-24(26,27)28)14-15-3-1-4-17(11-15)23(35)30-13-20(29)33/h1,3-4,6-9,11-12H,2,5,10,13-14H2,(H2,29,33)(H,30,35). The molecule has 7 nitrogen and oxygen atoms in total. The predicted octanol–water partition coefficient (Wildman–Crippen LogP) is 3.71. The number of rotatable bonds is 9. The molecule has 1 aromatic heterocycles. The van der Waals surface area contributed by atoms with Gasteiger partial charge in [0.25, 0.3) is 11.5 Å². The minimum Gasteiger partial charge on any atom is -0.368 e. The number of aryl methyl sites for hydroxylation is 1. The third-order valence-corrected chi connectivity index (χ3v) is 5.29. The number of alkyl halides is 3. The molecule has 0 saturated carbocycles. The Morgan fingerprint density at radius 2 is 1.80 bits per heavy atom. The van der Waals surface area contributed by atoms with Crippen LogP contribution in [0.5, 0.6) is 0 Å². The number of primary amides is 1. The number of hydrogen-bond acceptors (Lipinski definition) is 4. The number of carbonyl (C=O) groups is 2. The molecule has 0 bridgehead atoms. The predicted molar refractivity (Wildman–Crippen MR) is 125 cm³/mol. The molecule has 2 amide bonds. The first-order valence-electron chi connectivity index (χ1n) is 10.6. The van der Waals surface area contributed by atoms with Gasteiger partial charge in [-0.1, -0.05) is 35.9 Å². The van der Waals surface area contributed by atoms with E-state index < -0.39 is 30.0 Å². The van der Waals surface area contributed by atoms with Crippen molar-refractivity contribution in [2.45, 2.75) is 32.0 Å². The van der Waals surface area contributed by atoms with Crippen molar-refractivity contribution in [3.63, 3.8) is 0 Å². The lowest BCUT2D eigenvalue weighted by atomic mass is 10.1. The number of aromatic nitrogens is 2. The molecule has 0 aliphatic carbocycles. The lowest BCUT2D eigenvalue weighted by Gasteiger charge is -2.15. The third-order valence-electron chi connectivity index (χ3n) is 5.04. The van der Waals surface area contributed by atoms with Gasteiger partial charge in [-0.15, -0.1) is 0 Å². The van der Waals surface area contributed by atoms with E-state index in [2.05, 4.69) is 10.3 Å². The molecular formula is C24H22ClF3N4O3. The van der Waals surface area contributed by atoms with Crippen LogP contribution in [0.25, 0.3) is 11.3 Å². The van der Waals surface area contributed by atoms with Gasteiger partial charge in [-0.2, -0.15) is 13.2 Å². The van der Waals surface area contributed by atoms with Gasteiger partial charge in [0.1, 0.15) is 5.82 Å². The van der Waals surface area contributed by atoms with E-state index in [4.69, 9.17) is 17.3 Å². The Hall–Kier alpha value is -3.66. The minimum absolute atomic E-state index is 0.00891. The summed E-state index contributed by atoms with van der Waals surface area (Å²) in [5.41, 5.74) is 6.30. The van der Waals surface area contributed by atoms with E-state index in [1.54, 1.807) is 36.4 Å². The molecule has 3 rings (SSSR count). The van der Waals surface area contributed by atoms with E-state index in [1.165, 1.54) is 22.8 Å². The molecule has 184 valence electrons. The molecule has 35 heavy (non-hydrogen) atoms. The van der Waals surface area contributed by atoms with E-state index in [0.717, 1.165) is 0 Å². The van der Waals surface area contributed by atoms with Crippen molar-refractivity contribution in [1.82, 2.24) is 14.9 Å². The molecule has 0 spiro atoms. The van der Waals surface area contributed by atoms with Gasteiger partial charge >= 0.3 is 6.18 Å². The second-order valence-corrected chi connectivity index (χ2v) is 8.24. The highest BCUT2D eigenvalue weighted by Gasteiger charge is 2.26. The maximum Gasteiger partial charge on any atom is 0.389 e. The largest absolute Gasteiger partial charge is 0.389 e. The van der Waals surface area contributed by atoms with Crippen molar-refractivity contribution < 1.29 is 22.8 Å². The van der Waals surface area contributed by atoms with Crippen molar-refractivity contribution in [3.8, 4) is 11.3 Å². The normalized spacial score (nSPS) is 11.3. The van der Waals surface area contributed by atoms with Gasteiger partial charge in [0.2, 0.25) is 5.91 Å². The van der Waals surface area contributed by atoms with E-state index in [0.29, 0.717) is 21.8 Å². The number of carbonyl (C=O) groups excluding carboxylic acids is 2. The fraction of sp³-hybridized carbons (Fsp3) is 0.250. The second kappa shape index (κ2) is 11.2. The summed E-state index contributed by atoms with van der Waals surface area (Å²) in [6.45, 7) is -0.340. The van der Waals surface area contributed by atoms with Crippen LogP contribution in [-0.4, -0.2) is 34.1 Å². The lowest BCUT2D eigenvalue weighted by molar-refractivity contribution is -0.135. The zero-order valence-electron chi connectivity index (χ0n) is 18.4. The van der Waals surface area contributed by atoms with Crippen molar-refractivity contribution >= 4 is 23.4 Å². The van der Waals surface area contributed by atoms with Crippen LogP contribution >= 0.6 is 11.6 Å². The van der Waals surface area contributed by atoms with Gasteiger partial charge in [-0.3, -0.25) is 19.0 Å². The number of nitrogens with zero attached hydrogens (tertiary/aromatic N) is 2. The highest BCUT2D eigenvalue weighted by molar-refractivity contribution is 6.30. The summed E-state index contributed by atoms with van der Waals surface area (Å²) >= 11 is 5.91. The maximum absolute atomic E-state index is 13.0. The smallest absolute Gasteiger partial charge is 0.368 e. The summed E-state index contributed by atoms with van der Waals surface area (Å²) in [4.78, 5) is 40.6. The first kappa shape index (κ1) is 26.0. The van der Waals surface area contributed by atoms with Crippen molar-refractivity contribution in [2.24, 2.45) is 5.73 Å². The van der Waals surface area contributed by atoms with E-state index >= 15 is 0 Å². The Bertz CT molecular complexity index is 1270. The second-order valence-electron chi connectivity index (χ2n) is 7.81. The van der Waals surface area contributed by atoms with Crippen LogP contribution in [0, 0.1) is 0 Å². The Kier molecular flexibility index (Phi) is 8.29. The third kappa shape index (κ3) is 7.68. The highest BCUT2D eigenvalue weighted by Crippen LogP contribution is 2.23. The average Bonchev–Trinajstić information content (AvgIpc) is 2.79. The zero-order chi connectivity index (χ0) is 25.6. The van der Waals surface area contributed by atoms with Crippen molar-refractivity contribution in [3.05, 3.63) is 86.9 Å². The van der Waals surface area contributed by atoms with Gasteiger partial charge < -0.3 is 11.1 Å². The molecule has 0 saturated heterocycles. The first-order chi connectivity index (χ1) is 16.5. The Morgan fingerprint density at radius 3 is 2.46 bits per heavy atom. The number of halogens is 4. The molecular weight excluding hydrogens is 485 g/mol. The van der Waals surface area contributed by atoms with Crippen LogP contribution in [0.1, 0.15) is 34.6 Å². The topological polar surface area (TPSA) is 107 Å². The number of amides is 2. The lowest BCUT2D eigenvalue weighted by Crippen LogP contribution is -2.33. The molecule has 0 atom stereocenters. The Morgan fingerprint density at radius 1 is 1.09 bits per heavy atom. The van der Waals surface area contributed by atoms with E-state index in [-0.39, 0.29) is 37.3 Å². The highest BCUT2D eigenvalue weighted by atomic mass is 35.5. The summed E-state index contributed by atoms with van der Waals surface area (Å²) in [6.07, 6.45) is -5.65. The Labute approximate surface area is 203 Å². The van der Waals surface area contributed by atoms with Crippen LogP contribution in [0.3, 0.4) is 0 Å². The molecule has 0 aliphatic heterocycles. The molecule has 3 aromatic rings. The summed E-state index contributed by atoms with van der Waals surface area (Å²) in [6, 6.07) is 14.2. The van der Waals surface area contributed by atoms with Gasteiger partial charge in [-0.05, 0) is 36.2 Å². The molecule has 2 aromatic carbocycles. The SMILES string of the molecule is NC(=O)CNC(=O)c1cccc(Cn2c(CCCC(F)(F)F)nc(-c3ccc(Cl)cc3)cc2=O)c1. The summed E-state index contributed by atoms with van der Waals surface area (Å²) in [5, 5.41) is 2.87. The average molecular weight is 507 g/mol. The monoisotopic (exact) mass is 506 g/mol. The van der Waals surface area contributed by atoms with Crippen LogP contribution in [0.4, 0.5) is 13.2 Å². The van der Waals surface area contributed by atoms with Gasteiger partial charge in [0.15, 0.2) is 0 Å². The van der Waals surface area contributed by atoms with Crippen molar-refractivity contribution in [2.75, 3.05) is 6.54 Å². The first-order valence-corrected chi connectivity index (χ1v) is 11.0. The summed E-state index contributed by atoms with van der Waals surface area (Å²) < 4.78 is 39.5. The summed E-state index contributed by atoms with van der Waals surface area (Å²) in [7, 11) is 0. The van der Waals surface area contributed by atoms with Gasteiger partial charge in [-0.25, -0.2) is 4.98 Å². The number of benzene rings is 2. The molecule has 0 aliphatic rings. The number of nitrogens with two attached hydrogens (primary N) is 1. The van der Waals surface area contributed by atoms with Gasteiger partial charge in [0, 0.05) is 35.1 Å². The fourth-order valence-corrected chi connectivity index (χ4v) is 3.52. The van der Waals surface area contributed by atoms with Crippen LogP contribution in [0.15, 0.2) is 59.4 Å². The minimum atomic E-state index is -4.33. The van der Waals surface area contributed by atoms with Crippen LogP contribution in [0.2, 0.25) is 5.02 Å². The quantitative estimate of drug-likeness (QED) is 0.461. The molecule has 1 heterocycles. The molecule has 3 N–H and O–H groups in total. The van der Waals surface area contributed by atoms with Crippen LogP contribution in [-0.2, 0) is 17.8 Å². The Balaban J connectivity index is 1.93. The fourth-order valence-electron chi connectivity index (χ4n) is 3.39. The molecule has 0 unspecified atom stereocenters. The number of hydrogen-bond donors (Lipinski definition) is 2. The van der Waals surface area contributed by atoms with Gasteiger partial charge in [0.05, 0.1) is 18.8 Å². The number of nitrogens with one attached hydrogen (secondary N) is 1. The van der Waals surface area contributed by atoms with Crippen molar-refractivity contribution in [1.29, 1.82) is 0 Å². The maximum atomic E-state index is 13.0.